The third-order valence-electron chi connectivity index (χ3n) is 8.37. The van der Waals surface area contributed by atoms with Gasteiger partial charge in [0.25, 0.3) is 5.82 Å². The average Bonchev–Trinajstić information content (AvgIpc) is 3.38. The molecule has 1 atom stereocenters. The van der Waals surface area contributed by atoms with Crippen molar-refractivity contribution < 1.29 is 14.5 Å². The number of pyridine rings is 1. The third-order valence-corrected chi connectivity index (χ3v) is 8.69. The van der Waals surface area contributed by atoms with Gasteiger partial charge >= 0.3 is 5.96 Å². The van der Waals surface area contributed by atoms with E-state index in [1.807, 2.05) is 60.7 Å². The molecule has 1 fully saturated rings. The van der Waals surface area contributed by atoms with Gasteiger partial charge in [-0.1, -0.05) is 19.8 Å². The molecule has 0 aliphatic carbocycles. The Morgan fingerprint density at radius 1 is 0.889 bits per heavy atom. The summed E-state index contributed by atoms with van der Waals surface area (Å²) in [5.41, 5.74) is 3.89. The number of carbonyl (C=O) groups is 2. The quantitative estimate of drug-likeness (QED) is 0.167. The molecule has 2 aromatic carbocycles. The summed E-state index contributed by atoms with van der Waals surface area (Å²) in [4.78, 5) is 39.4. The van der Waals surface area contributed by atoms with Gasteiger partial charge in [-0.05, 0) is 119 Å². The maximum absolute atomic E-state index is 11.8. The van der Waals surface area contributed by atoms with Crippen molar-refractivity contribution in [3.63, 3.8) is 0 Å². The zero-order valence-corrected chi connectivity index (χ0v) is 27.4. The summed E-state index contributed by atoms with van der Waals surface area (Å²) >= 11 is 5.91. The lowest BCUT2D eigenvalue weighted by molar-refractivity contribution is -0.731. The van der Waals surface area contributed by atoms with Crippen molar-refractivity contribution in [2.24, 2.45) is 4.99 Å². The van der Waals surface area contributed by atoms with Crippen molar-refractivity contribution >= 4 is 63.6 Å². The standard InChI is InChI=1S/C35H43N7O2S/c1-4-5-23-41(35(45)37-30-16-12-28(13-17-30)26(3)44)32-19-18-31-33(39-32)42(24-9-22-40-20-7-6-8-21-40)34(38-31)36-29-14-10-27(11-15-29)25(2)43/h10-19H,4-9,20-24H2,1-3H3,(H,36,38)(H,37,45)/p+1. The number of nitrogens with one attached hydrogen (secondary N) is 3. The predicted octanol–water partition coefficient (Wildman–Crippen LogP) is 6.00. The summed E-state index contributed by atoms with van der Waals surface area (Å²) in [5.74, 6) is 2.53. The first-order chi connectivity index (χ1) is 21.8. The number of unbranched alkanes of at least 4 members (excludes halogenated alkanes) is 1. The Bertz CT molecular complexity index is 1530. The minimum Gasteiger partial charge on any atom is -0.332 e. The van der Waals surface area contributed by atoms with E-state index in [-0.39, 0.29) is 11.6 Å². The predicted molar refractivity (Wildman–Crippen MR) is 187 cm³/mol. The Kier molecular flexibility index (Phi) is 11.0. The van der Waals surface area contributed by atoms with Gasteiger partial charge in [-0.15, -0.1) is 0 Å². The smallest absolute Gasteiger partial charge is 0.312 e. The number of nitrogens with zero attached hydrogens (tertiary/aromatic N) is 4. The molecule has 9 nitrogen and oxygen atoms in total. The Balaban J connectivity index is 1.37. The molecule has 3 N–H and O–H groups in total. The number of hydrogen-bond acceptors (Lipinski definition) is 7. The van der Waals surface area contributed by atoms with E-state index in [2.05, 4.69) is 27.4 Å². The van der Waals surface area contributed by atoms with Gasteiger partial charge in [0.1, 0.15) is 5.82 Å². The molecule has 1 saturated heterocycles. The first kappa shape index (κ1) is 32.4. The minimum atomic E-state index is 0.0307. The van der Waals surface area contributed by atoms with Crippen LogP contribution >= 0.6 is 12.2 Å². The molecule has 5 rings (SSSR count). The second-order valence-electron chi connectivity index (χ2n) is 11.8. The van der Waals surface area contributed by atoms with Crippen LogP contribution in [0.15, 0.2) is 65.7 Å². The monoisotopic (exact) mass is 626 g/mol. The van der Waals surface area contributed by atoms with Gasteiger partial charge < -0.3 is 15.1 Å². The Morgan fingerprint density at radius 2 is 1.53 bits per heavy atom. The molecule has 2 aliphatic heterocycles. The number of aliphatic imine (C=N–C) groups is 1. The van der Waals surface area contributed by atoms with E-state index in [9.17, 15) is 9.59 Å². The first-order valence-electron chi connectivity index (χ1n) is 16.1. The lowest BCUT2D eigenvalue weighted by Gasteiger charge is -2.27. The van der Waals surface area contributed by atoms with E-state index >= 15 is 0 Å². The van der Waals surface area contributed by atoms with Crippen LogP contribution in [-0.2, 0) is 0 Å². The summed E-state index contributed by atoms with van der Waals surface area (Å²) in [5, 5.41) is 7.42. The number of ketones is 2. The molecule has 0 spiro atoms. The summed E-state index contributed by atoms with van der Waals surface area (Å²) in [6.45, 7) is 10.3. The van der Waals surface area contributed by atoms with Gasteiger partial charge in [0.15, 0.2) is 22.4 Å². The highest BCUT2D eigenvalue weighted by atomic mass is 32.1. The Hall–Kier alpha value is -3.99. The fourth-order valence-corrected chi connectivity index (χ4v) is 6.05. The average molecular weight is 627 g/mol. The van der Waals surface area contributed by atoms with E-state index in [4.69, 9.17) is 22.2 Å². The summed E-state index contributed by atoms with van der Waals surface area (Å²) in [6.07, 6.45) is 6.86. The van der Waals surface area contributed by atoms with Gasteiger partial charge in [-0.2, -0.15) is 9.98 Å². The normalized spacial score (nSPS) is 16.1. The van der Waals surface area contributed by atoms with Gasteiger partial charge in [0, 0.05) is 42.0 Å². The minimum absolute atomic E-state index is 0.0307. The highest BCUT2D eigenvalue weighted by Crippen LogP contribution is 2.28. The van der Waals surface area contributed by atoms with Crippen LogP contribution in [0.5, 0.6) is 0 Å². The lowest BCUT2D eigenvalue weighted by atomic mass is 10.1. The number of carbonyl (C=O) groups excluding carboxylic acids is 2. The molecule has 2 aliphatic rings. The van der Waals surface area contributed by atoms with Gasteiger partial charge in [0.05, 0.1) is 6.54 Å². The van der Waals surface area contributed by atoms with E-state index in [0.717, 1.165) is 78.5 Å². The van der Waals surface area contributed by atoms with E-state index < -0.39 is 0 Å². The largest absolute Gasteiger partial charge is 0.332 e. The molecule has 0 amide bonds. The van der Waals surface area contributed by atoms with Crippen LogP contribution in [0.3, 0.4) is 0 Å². The van der Waals surface area contributed by atoms with Crippen LogP contribution < -0.4 is 20.4 Å². The van der Waals surface area contributed by atoms with E-state index in [1.54, 1.807) is 13.8 Å². The molecule has 0 saturated carbocycles. The molecule has 10 heteroatoms. The summed E-state index contributed by atoms with van der Waals surface area (Å²) in [6, 6.07) is 18.9. The number of hydrogen-bond donors (Lipinski definition) is 3. The van der Waals surface area contributed by atoms with Crippen molar-refractivity contribution in [2.75, 3.05) is 48.3 Å². The number of Topliss-reactive ketones (excluding diaryl/α,β-unsaturated/α-hetero) is 2. The summed E-state index contributed by atoms with van der Waals surface area (Å²) < 4.78 is 0. The van der Waals surface area contributed by atoms with Gasteiger partial charge in [0.2, 0.25) is 0 Å². The van der Waals surface area contributed by atoms with Crippen LogP contribution in [0.4, 0.5) is 28.7 Å². The zero-order valence-electron chi connectivity index (χ0n) is 26.6. The number of anilines is 3. The molecule has 1 unspecified atom stereocenters. The van der Waals surface area contributed by atoms with Crippen molar-refractivity contribution in [1.82, 2.24) is 9.88 Å². The van der Waals surface area contributed by atoms with E-state index in [0.29, 0.717) is 16.2 Å². The number of fused-ring (bicyclic) bond motifs is 1. The number of piperidine rings is 1. The van der Waals surface area contributed by atoms with Crippen LogP contribution in [0.2, 0.25) is 0 Å². The molecular formula is C35H44N7O2S+. The molecule has 1 aromatic heterocycles. The second-order valence-corrected chi connectivity index (χ2v) is 12.2. The fraction of sp³-hybridized carbons (Fsp3) is 0.400. The van der Waals surface area contributed by atoms with Crippen molar-refractivity contribution in [3.05, 3.63) is 71.8 Å². The Labute approximate surface area is 271 Å². The maximum atomic E-state index is 11.8. The number of benzene rings is 2. The molecule has 45 heavy (non-hydrogen) atoms. The van der Waals surface area contributed by atoms with Crippen molar-refractivity contribution in [1.29, 1.82) is 0 Å². The summed E-state index contributed by atoms with van der Waals surface area (Å²) in [7, 11) is 0. The molecule has 3 aromatic rings. The number of thiocarbonyl (C=S) groups is 1. The first-order valence-corrected chi connectivity index (χ1v) is 16.5. The van der Waals surface area contributed by atoms with Crippen molar-refractivity contribution in [2.45, 2.75) is 59.3 Å². The maximum Gasteiger partial charge on any atom is 0.312 e. The number of guanidine groups is 1. The zero-order chi connectivity index (χ0) is 31.8. The topological polar surface area (TPSA) is 94.4 Å². The number of quaternary nitrogens is 1. The SMILES string of the molecule is CCCCN(C(=S)Nc1ccc(C(C)=O)cc1)c1ccc2c(n1)[NH+](CCCN1CCCCC1)C(Nc1ccc(C(C)=O)cc1)=N2. The van der Waals surface area contributed by atoms with Crippen LogP contribution in [-0.4, -0.2) is 65.2 Å². The van der Waals surface area contributed by atoms with E-state index in [1.165, 1.54) is 32.4 Å². The Morgan fingerprint density at radius 3 is 2.16 bits per heavy atom. The lowest BCUT2D eigenvalue weighted by Crippen LogP contribution is -3.10. The molecule has 0 bridgehead atoms. The number of rotatable bonds is 12. The van der Waals surface area contributed by atoms with Crippen molar-refractivity contribution in [3.8, 4) is 0 Å². The van der Waals surface area contributed by atoms with Crippen LogP contribution in [0.25, 0.3) is 0 Å². The third kappa shape index (κ3) is 8.39. The molecule has 0 radical (unpaired) electrons. The number of aromatic nitrogens is 1. The highest BCUT2D eigenvalue weighted by Gasteiger charge is 2.33. The molecular weight excluding hydrogens is 582 g/mol. The second kappa shape index (κ2) is 15.3. The van der Waals surface area contributed by atoms with Gasteiger partial charge in [-0.3, -0.25) is 14.9 Å². The fourth-order valence-electron chi connectivity index (χ4n) is 5.75. The highest BCUT2D eigenvalue weighted by molar-refractivity contribution is 7.80. The van der Waals surface area contributed by atoms with Gasteiger partial charge in [-0.25, -0.2) is 4.90 Å². The molecule has 236 valence electrons. The number of likely N-dealkylation sites (tertiary alicyclic amines) is 1. The van der Waals surface area contributed by atoms with Crippen LogP contribution in [0, 0.1) is 0 Å². The van der Waals surface area contributed by atoms with Crippen LogP contribution in [0.1, 0.15) is 80.0 Å². The molecule has 3 heterocycles.